The van der Waals surface area contributed by atoms with Crippen molar-refractivity contribution in [3.8, 4) is 0 Å². The number of hydrogen-bond donors (Lipinski definition) is 2. The van der Waals surface area contributed by atoms with E-state index in [1.54, 1.807) is 0 Å². The quantitative estimate of drug-likeness (QED) is 0.474. The van der Waals surface area contributed by atoms with E-state index < -0.39 is 0 Å². The van der Waals surface area contributed by atoms with Crippen molar-refractivity contribution in [1.29, 1.82) is 0 Å². The molecule has 0 aliphatic carbocycles. The lowest BCUT2D eigenvalue weighted by atomic mass is 10.0. The number of hydrogen-bond acceptors (Lipinski definition) is 5. The standard InChI is InChI=1S/C24H33FN6S/c1-18-6-5-15-31(17-18)22-16-21(30-13-2-3-14-30)27-23(28-22)29-24(32)26-12-4-7-19-8-10-20(25)11-9-19/h8-11,16,18H,2-7,12-15,17H2,1H3,(H2,26,27,28,29,32). The Hall–Kier alpha value is -2.48. The zero-order valence-electron chi connectivity index (χ0n) is 18.8. The largest absolute Gasteiger partial charge is 0.362 e. The first-order valence-corrected chi connectivity index (χ1v) is 12.2. The number of aromatic nitrogens is 2. The Labute approximate surface area is 195 Å². The van der Waals surface area contributed by atoms with Crippen molar-refractivity contribution >= 4 is 34.9 Å². The number of nitrogens with one attached hydrogen (secondary N) is 2. The normalized spacial score (nSPS) is 18.6. The van der Waals surface area contributed by atoms with E-state index in [-0.39, 0.29) is 5.82 Å². The lowest BCUT2D eigenvalue weighted by Gasteiger charge is -2.32. The fraction of sp³-hybridized carbons (Fsp3) is 0.542. The summed E-state index contributed by atoms with van der Waals surface area (Å²) in [7, 11) is 0. The van der Waals surface area contributed by atoms with Gasteiger partial charge in [0.15, 0.2) is 5.11 Å². The monoisotopic (exact) mass is 456 g/mol. The van der Waals surface area contributed by atoms with Crippen molar-refractivity contribution in [1.82, 2.24) is 15.3 Å². The van der Waals surface area contributed by atoms with E-state index in [4.69, 9.17) is 22.2 Å². The van der Waals surface area contributed by atoms with Crippen LogP contribution in [0.1, 0.15) is 44.6 Å². The van der Waals surface area contributed by atoms with Gasteiger partial charge in [0.25, 0.3) is 0 Å². The van der Waals surface area contributed by atoms with Crippen LogP contribution in [-0.2, 0) is 6.42 Å². The molecule has 2 aliphatic rings. The molecule has 2 fully saturated rings. The summed E-state index contributed by atoms with van der Waals surface area (Å²) in [4.78, 5) is 14.3. The highest BCUT2D eigenvalue weighted by molar-refractivity contribution is 7.80. The molecule has 0 radical (unpaired) electrons. The summed E-state index contributed by atoms with van der Waals surface area (Å²) in [6.07, 6.45) is 6.65. The molecule has 1 aromatic carbocycles. The lowest BCUT2D eigenvalue weighted by Crippen LogP contribution is -2.36. The second kappa shape index (κ2) is 10.9. The van der Waals surface area contributed by atoms with Crippen molar-refractivity contribution in [3.63, 3.8) is 0 Å². The van der Waals surface area contributed by atoms with Crippen LogP contribution in [0.25, 0.3) is 0 Å². The van der Waals surface area contributed by atoms with Gasteiger partial charge in [-0.15, -0.1) is 0 Å². The Morgan fingerprint density at radius 2 is 1.75 bits per heavy atom. The molecule has 0 bridgehead atoms. The van der Waals surface area contributed by atoms with Gasteiger partial charge in [0.1, 0.15) is 17.5 Å². The zero-order valence-corrected chi connectivity index (χ0v) is 19.6. The molecule has 2 N–H and O–H groups in total. The number of benzene rings is 1. The van der Waals surface area contributed by atoms with Gasteiger partial charge >= 0.3 is 0 Å². The molecule has 3 heterocycles. The summed E-state index contributed by atoms with van der Waals surface area (Å²) in [6, 6.07) is 8.79. The summed E-state index contributed by atoms with van der Waals surface area (Å²) in [5.74, 6) is 2.99. The van der Waals surface area contributed by atoms with E-state index >= 15 is 0 Å². The van der Waals surface area contributed by atoms with Gasteiger partial charge in [-0.05, 0) is 74.4 Å². The molecule has 4 rings (SSSR count). The molecule has 2 aromatic rings. The molecule has 0 amide bonds. The summed E-state index contributed by atoms with van der Waals surface area (Å²) in [5.41, 5.74) is 1.12. The molecule has 32 heavy (non-hydrogen) atoms. The number of halogens is 1. The molecule has 172 valence electrons. The van der Waals surface area contributed by atoms with Crippen LogP contribution in [0.3, 0.4) is 0 Å². The van der Waals surface area contributed by atoms with Crippen molar-refractivity contribution in [2.45, 2.75) is 45.4 Å². The molecule has 0 spiro atoms. The van der Waals surface area contributed by atoms with Crippen LogP contribution in [0.15, 0.2) is 30.3 Å². The summed E-state index contributed by atoms with van der Waals surface area (Å²) < 4.78 is 13.0. The first-order valence-electron chi connectivity index (χ1n) is 11.7. The number of nitrogens with zero attached hydrogens (tertiary/aromatic N) is 4. The molecular weight excluding hydrogens is 423 g/mol. The topological polar surface area (TPSA) is 56.3 Å². The van der Waals surface area contributed by atoms with Gasteiger partial charge in [-0.1, -0.05) is 19.1 Å². The van der Waals surface area contributed by atoms with Crippen LogP contribution in [0.2, 0.25) is 0 Å². The number of thiocarbonyl (C=S) groups is 1. The van der Waals surface area contributed by atoms with Crippen LogP contribution in [-0.4, -0.2) is 47.8 Å². The smallest absolute Gasteiger partial charge is 0.232 e. The van der Waals surface area contributed by atoms with Crippen LogP contribution in [0, 0.1) is 11.7 Å². The molecule has 0 saturated carbocycles. The van der Waals surface area contributed by atoms with Crippen LogP contribution in [0.5, 0.6) is 0 Å². The average molecular weight is 457 g/mol. The van der Waals surface area contributed by atoms with E-state index in [1.165, 1.54) is 37.8 Å². The van der Waals surface area contributed by atoms with E-state index in [2.05, 4.69) is 33.4 Å². The van der Waals surface area contributed by atoms with Gasteiger partial charge in [0, 0.05) is 38.8 Å². The Morgan fingerprint density at radius 3 is 2.47 bits per heavy atom. The Morgan fingerprint density at radius 1 is 1.06 bits per heavy atom. The highest BCUT2D eigenvalue weighted by Crippen LogP contribution is 2.27. The fourth-order valence-corrected chi connectivity index (χ4v) is 4.63. The Kier molecular flexibility index (Phi) is 7.73. The fourth-order valence-electron chi connectivity index (χ4n) is 4.44. The predicted molar refractivity (Wildman–Crippen MR) is 133 cm³/mol. The molecule has 2 aliphatic heterocycles. The van der Waals surface area contributed by atoms with Gasteiger partial charge in [-0.2, -0.15) is 9.97 Å². The Bertz CT molecular complexity index is 900. The van der Waals surface area contributed by atoms with Crippen LogP contribution in [0.4, 0.5) is 22.0 Å². The summed E-state index contributed by atoms with van der Waals surface area (Å²) in [5, 5.41) is 6.97. The van der Waals surface area contributed by atoms with Gasteiger partial charge in [0.2, 0.25) is 5.95 Å². The minimum absolute atomic E-state index is 0.202. The minimum atomic E-state index is -0.202. The lowest BCUT2D eigenvalue weighted by molar-refractivity contribution is 0.444. The third kappa shape index (κ3) is 6.28. The van der Waals surface area contributed by atoms with Crippen molar-refractivity contribution in [3.05, 3.63) is 41.7 Å². The Balaban J connectivity index is 1.36. The minimum Gasteiger partial charge on any atom is -0.362 e. The molecule has 1 aromatic heterocycles. The highest BCUT2D eigenvalue weighted by Gasteiger charge is 2.22. The van der Waals surface area contributed by atoms with Crippen LogP contribution < -0.4 is 20.4 Å². The van der Waals surface area contributed by atoms with E-state index in [0.29, 0.717) is 17.0 Å². The van der Waals surface area contributed by atoms with E-state index in [9.17, 15) is 4.39 Å². The van der Waals surface area contributed by atoms with Gasteiger partial charge in [-0.25, -0.2) is 4.39 Å². The molecule has 1 unspecified atom stereocenters. The van der Waals surface area contributed by atoms with Crippen molar-refractivity contribution in [2.75, 3.05) is 47.8 Å². The third-order valence-electron chi connectivity index (χ3n) is 6.18. The maximum atomic E-state index is 13.0. The average Bonchev–Trinajstić information content (AvgIpc) is 3.33. The SMILES string of the molecule is CC1CCCN(c2cc(N3CCCC3)nc(NC(=S)NCCCc3ccc(F)cc3)n2)C1. The molecular formula is C24H33FN6S. The van der Waals surface area contributed by atoms with Crippen molar-refractivity contribution < 1.29 is 4.39 Å². The van der Waals surface area contributed by atoms with Gasteiger partial charge in [-0.3, -0.25) is 0 Å². The van der Waals surface area contributed by atoms with Crippen LogP contribution >= 0.6 is 12.2 Å². The molecule has 2 saturated heterocycles. The number of anilines is 3. The molecule has 1 atom stereocenters. The summed E-state index contributed by atoms with van der Waals surface area (Å²) in [6.45, 7) is 7.18. The number of piperidine rings is 1. The first kappa shape index (κ1) is 22.7. The second-order valence-electron chi connectivity index (χ2n) is 8.91. The van der Waals surface area contributed by atoms with E-state index in [1.807, 2.05) is 12.1 Å². The second-order valence-corrected chi connectivity index (χ2v) is 9.31. The summed E-state index contributed by atoms with van der Waals surface area (Å²) >= 11 is 5.50. The first-order chi connectivity index (χ1) is 15.6. The zero-order chi connectivity index (χ0) is 22.3. The maximum absolute atomic E-state index is 13.0. The van der Waals surface area contributed by atoms with Gasteiger partial charge < -0.3 is 20.4 Å². The maximum Gasteiger partial charge on any atom is 0.232 e. The predicted octanol–water partition coefficient (Wildman–Crippen LogP) is 4.37. The van der Waals surface area contributed by atoms with Crippen molar-refractivity contribution in [2.24, 2.45) is 5.92 Å². The number of aryl methyl sites for hydroxylation is 1. The number of rotatable bonds is 7. The highest BCUT2D eigenvalue weighted by atomic mass is 32.1. The van der Waals surface area contributed by atoms with Gasteiger partial charge in [0.05, 0.1) is 0 Å². The third-order valence-corrected chi connectivity index (χ3v) is 6.42. The van der Waals surface area contributed by atoms with E-state index in [0.717, 1.165) is 62.8 Å². The molecule has 6 nitrogen and oxygen atoms in total. The molecule has 8 heteroatoms.